The van der Waals surface area contributed by atoms with Crippen molar-refractivity contribution in [2.75, 3.05) is 19.6 Å². The van der Waals surface area contributed by atoms with Gasteiger partial charge in [0.2, 0.25) is 0 Å². The number of aromatic nitrogens is 2. The molecule has 2 fully saturated rings. The fourth-order valence-electron chi connectivity index (χ4n) is 3.15. The Morgan fingerprint density at radius 2 is 1.77 bits per heavy atom. The lowest BCUT2D eigenvalue weighted by atomic mass is 9.82. The second-order valence-corrected chi connectivity index (χ2v) is 7.51. The molecule has 1 aromatic heterocycles. The number of nitrogens with zero attached hydrogens (tertiary/aromatic N) is 3. The third-order valence-electron chi connectivity index (χ3n) is 5.53. The first-order valence-corrected chi connectivity index (χ1v) is 8.44. The predicted octanol–water partition coefficient (Wildman–Crippen LogP) is 1.84. The van der Waals surface area contributed by atoms with Crippen molar-refractivity contribution in [2.45, 2.75) is 64.7 Å². The average Bonchev–Trinajstić information content (AvgIpc) is 3.03. The van der Waals surface area contributed by atoms with Gasteiger partial charge in [0.15, 0.2) is 0 Å². The summed E-state index contributed by atoms with van der Waals surface area (Å²) in [5.41, 5.74) is 0.426. The van der Waals surface area contributed by atoms with Crippen LogP contribution < -0.4 is 5.46 Å². The summed E-state index contributed by atoms with van der Waals surface area (Å²) in [6.07, 6.45) is 6.33. The molecule has 3 rings (SSSR count). The monoisotopic (exact) mass is 305 g/mol. The standard InChI is InChI=1S/C16H28BN3O2/c1-6-19-9-7-14(8-10-19)20-12-13(11-18-20)17-21-15(2,3)16(4,5)22-17/h11-12,14H,6-10H2,1-5H3. The maximum atomic E-state index is 6.10. The molecule has 0 N–H and O–H groups in total. The molecule has 22 heavy (non-hydrogen) atoms. The Morgan fingerprint density at radius 1 is 1.18 bits per heavy atom. The van der Waals surface area contributed by atoms with E-state index in [1.54, 1.807) is 0 Å². The number of rotatable bonds is 3. The molecule has 0 aromatic carbocycles. The van der Waals surface area contributed by atoms with Gasteiger partial charge >= 0.3 is 7.12 Å². The number of likely N-dealkylation sites (tertiary alicyclic amines) is 1. The Labute approximate surface area is 134 Å². The van der Waals surface area contributed by atoms with Gasteiger partial charge in [-0.3, -0.25) is 4.68 Å². The molecule has 1 aromatic rings. The molecule has 2 saturated heterocycles. The molecule has 0 bridgehead atoms. The fourth-order valence-corrected chi connectivity index (χ4v) is 3.15. The Hall–Kier alpha value is -0.845. The zero-order valence-corrected chi connectivity index (χ0v) is 14.5. The van der Waals surface area contributed by atoms with Gasteiger partial charge in [-0.2, -0.15) is 5.10 Å². The van der Waals surface area contributed by atoms with Crippen molar-refractivity contribution in [2.24, 2.45) is 0 Å². The molecule has 0 amide bonds. The summed E-state index contributed by atoms with van der Waals surface area (Å²) in [4.78, 5) is 2.50. The van der Waals surface area contributed by atoms with Gasteiger partial charge in [0, 0.05) is 30.9 Å². The molecule has 122 valence electrons. The highest BCUT2D eigenvalue weighted by Gasteiger charge is 2.52. The third-order valence-corrected chi connectivity index (χ3v) is 5.53. The highest BCUT2D eigenvalue weighted by atomic mass is 16.7. The van der Waals surface area contributed by atoms with Gasteiger partial charge in [-0.15, -0.1) is 0 Å². The second kappa shape index (κ2) is 5.66. The van der Waals surface area contributed by atoms with Crippen LogP contribution in [-0.4, -0.2) is 52.6 Å². The van der Waals surface area contributed by atoms with Crippen LogP contribution in [0.3, 0.4) is 0 Å². The molecular weight excluding hydrogens is 277 g/mol. The number of hydrogen-bond acceptors (Lipinski definition) is 4. The van der Waals surface area contributed by atoms with Crippen LogP contribution in [0.4, 0.5) is 0 Å². The maximum Gasteiger partial charge on any atom is 0.498 e. The van der Waals surface area contributed by atoms with E-state index in [2.05, 4.69) is 55.5 Å². The summed E-state index contributed by atoms with van der Waals surface area (Å²) < 4.78 is 14.3. The number of hydrogen-bond donors (Lipinski definition) is 0. The van der Waals surface area contributed by atoms with Gasteiger partial charge in [0.1, 0.15) is 0 Å². The first-order valence-electron chi connectivity index (χ1n) is 8.44. The topological polar surface area (TPSA) is 39.5 Å². The lowest BCUT2D eigenvalue weighted by Crippen LogP contribution is -2.41. The minimum Gasteiger partial charge on any atom is -0.399 e. The van der Waals surface area contributed by atoms with E-state index in [4.69, 9.17) is 9.31 Å². The third kappa shape index (κ3) is 2.84. The van der Waals surface area contributed by atoms with Crippen LogP contribution in [0.1, 0.15) is 53.5 Å². The van der Waals surface area contributed by atoms with Crippen LogP contribution in [0.15, 0.2) is 12.4 Å². The van der Waals surface area contributed by atoms with Gasteiger partial charge in [0.05, 0.1) is 17.2 Å². The first kappa shape index (κ1) is 16.0. The van der Waals surface area contributed by atoms with Crippen molar-refractivity contribution in [1.82, 2.24) is 14.7 Å². The molecule has 0 unspecified atom stereocenters. The summed E-state index contributed by atoms with van der Waals surface area (Å²) in [6, 6.07) is 0.499. The van der Waals surface area contributed by atoms with Crippen LogP contribution >= 0.6 is 0 Å². The van der Waals surface area contributed by atoms with Gasteiger partial charge in [0.25, 0.3) is 0 Å². The van der Waals surface area contributed by atoms with Crippen LogP contribution in [0, 0.1) is 0 Å². The summed E-state index contributed by atoms with van der Waals surface area (Å²) in [7, 11) is -0.311. The first-order chi connectivity index (χ1) is 10.3. The molecule has 5 nitrogen and oxygen atoms in total. The Bertz CT molecular complexity index is 505. The van der Waals surface area contributed by atoms with E-state index in [0.717, 1.165) is 25.1 Å². The number of piperidine rings is 1. The normalized spacial score (nSPS) is 25.8. The van der Waals surface area contributed by atoms with E-state index in [1.165, 1.54) is 12.8 Å². The Morgan fingerprint density at radius 3 is 2.32 bits per heavy atom. The van der Waals surface area contributed by atoms with Crippen molar-refractivity contribution < 1.29 is 9.31 Å². The van der Waals surface area contributed by atoms with Crippen LogP contribution in [-0.2, 0) is 9.31 Å². The zero-order valence-electron chi connectivity index (χ0n) is 14.5. The van der Waals surface area contributed by atoms with E-state index in [9.17, 15) is 0 Å². The van der Waals surface area contributed by atoms with Crippen molar-refractivity contribution in [3.05, 3.63) is 12.4 Å². The summed E-state index contributed by atoms with van der Waals surface area (Å²) in [5.74, 6) is 0. The van der Waals surface area contributed by atoms with Crippen molar-refractivity contribution in [3.8, 4) is 0 Å². The summed E-state index contributed by atoms with van der Waals surface area (Å²) in [5, 5.41) is 4.57. The highest BCUT2D eigenvalue weighted by molar-refractivity contribution is 6.61. The molecule has 0 spiro atoms. The minimum atomic E-state index is -0.311. The molecule has 6 heteroatoms. The molecule has 2 aliphatic heterocycles. The maximum absolute atomic E-state index is 6.10. The smallest absolute Gasteiger partial charge is 0.399 e. The molecule has 2 aliphatic rings. The van der Waals surface area contributed by atoms with Crippen molar-refractivity contribution >= 4 is 12.6 Å². The van der Waals surface area contributed by atoms with E-state index in [1.807, 2.05) is 6.20 Å². The van der Waals surface area contributed by atoms with Crippen LogP contribution in [0.2, 0.25) is 0 Å². The van der Waals surface area contributed by atoms with Gasteiger partial charge in [-0.25, -0.2) is 0 Å². The van der Waals surface area contributed by atoms with Gasteiger partial charge in [-0.1, -0.05) is 6.92 Å². The van der Waals surface area contributed by atoms with Gasteiger partial charge < -0.3 is 14.2 Å². The molecular formula is C16H28BN3O2. The minimum absolute atomic E-state index is 0.299. The predicted molar refractivity (Wildman–Crippen MR) is 88.3 cm³/mol. The quantitative estimate of drug-likeness (QED) is 0.799. The average molecular weight is 305 g/mol. The molecule has 0 radical (unpaired) electrons. The second-order valence-electron chi connectivity index (χ2n) is 7.51. The Kier molecular flexibility index (Phi) is 4.12. The summed E-state index contributed by atoms with van der Waals surface area (Å²) in [6.45, 7) is 14.0. The molecule has 0 atom stereocenters. The van der Waals surface area contributed by atoms with Crippen molar-refractivity contribution in [3.63, 3.8) is 0 Å². The van der Waals surface area contributed by atoms with E-state index in [0.29, 0.717) is 6.04 Å². The SMILES string of the molecule is CCN1CCC(n2cc(B3OC(C)(C)C(C)(C)O3)cn2)CC1. The Balaban J connectivity index is 1.68. The van der Waals surface area contributed by atoms with Crippen molar-refractivity contribution in [1.29, 1.82) is 0 Å². The molecule has 3 heterocycles. The highest BCUT2D eigenvalue weighted by Crippen LogP contribution is 2.36. The summed E-state index contributed by atoms with van der Waals surface area (Å²) >= 11 is 0. The lowest BCUT2D eigenvalue weighted by molar-refractivity contribution is 0.00578. The fraction of sp³-hybridized carbons (Fsp3) is 0.812. The van der Waals surface area contributed by atoms with Crippen LogP contribution in [0.5, 0.6) is 0 Å². The lowest BCUT2D eigenvalue weighted by Gasteiger charge is -2.32. The largest absolute Gasteiger partial charge is 0.498 e. The van der Waals surface area contributed by atoms with Gasteiger partial charge in [-0.05, 0) is 47.1 Å². The zero-order chi connectivity index (χ0) is 16.0. The molecule has 0 saturated carbocycles. The van der Waals surface area contributed by atoms with Crippen LogP contribution in [0.25, 0.3) is 0 Å². The van der Waals surface area contributed by atoms with E-state index >= 15 is 0 Å². The van der Waals surface area contributed by atoms with E-state index < -0.39 is 0 Å². The molecule has 0 aliphatic carbocycles. The van der Waals surface area contributed by atoms with E-state index in [-0.39, 0.29) is 18.3 Å².